The lowest BCUT2D eigenvalue weighted by atomic mass is 10.2. The Kier molecular flexibility index (Phi) is 4.04. The van der Waals surface area contributed by atoms with Gasteiger partial charge in [0.2, 0.25) is 10.0 Å². The Morgan fingerprint density at radius 3 is 2.67 bits per heavy atom. The number of sulfonamides is 1. The molecule has 0 bridgehead atoms. The molecule has 1 saturated carbocycles. The Labute approximate surface area is 108 Å². The summed E-state index contributed by atoms with van der Waals surface area (Å²) in [6.45, 7) is 1.62. The first-order valence-electron chi connectivity index (χ1n) is 6.24. The number of aliphatic hydroxyl groups is 1. The molecule has 5 heteroatoms. The summed E-state index contributed by atoms with van der Waals surface area (Å²) in [5, 5.41) is 9.18. The summed E-state index contributed by atoms with van der Waals surface area (Å²) >= 11 is 0. The molecule has 0 spiro atoms. The molecular weight excluding hydrogens is 250 g/mol. The summed E-state index contributed by atoms with van der Waals surface area (Å²) in [6, 6.07) is 6.48. The van der Waals surface area contributed by atoms with Crippen molar-refractivity contribution in [3.63, 3.8) is 0 Å². The fourth-order valence-corrected chi connectivity index (χ4v) is 3.62. The highest BCUT2D eigenvalue weighted by Gasteiger charge is 2.26. The van der Waals surface area contributed by atoms with E-state index in [-0.39, 0.29) is 17.5 Å². The fourth-order valence-electron chi connectivity index (χ4n) is 2.13. The van der Waals surface area contributed by atoms with Crippen molar-refractivity contribution in [1.29, 1.82) is 0 Å². The summed E-state index contributed by atoms with van der Waals surface area (Å²) < 4.78 is 27.1. The molecule has 0 aromatic heterocycles. The van der Waals surface area contributed by atoms with Gasteiger partial charge in [-0.15, -0.1) is 0 Å². The Morgan fingerprint density at radius 2 is 2.06 bits per heavy atom. The highest BCUT2D eigenvalue weighted by atomic mass is 32.2. The maximum Gasteiger partial charge on any atom is 0.241 e. The zero-order valence-electron chi connectivity index (χ0n) is 10.5. The minimum atomic E-state index is -3.53. The Hall–Kier alpha value is -0.910. The molecule has 0 heterocycles. The Morgan fingerprint density at radius 1 is 1.39 bits per heavy atom. The normalized spacial score (nSPS) is 17.7. The first-order chi connectivity index (χ1) is 8.53. The van der Waals surface area contributed by atoms with Crippen LogP contribution in [0.5, 0.6) is 0 Å². The number of rotatable bonds is 6. The van der Waals surface area contributed by atoms with E-state index in [9.17, 15) is 13.5 Å². The van der Waals surface area contributed by atoms with Gasteiger partial charge in [-0.25, -0.2) is 13.1 Å². The van der Waals surface area contributed by atoms with Crippen molar-refractivity contribution in [3.05, 3.63) is 29.8 Å². The lowest BCUT2D eigenvalue weighted by Crippen LogP contribution is -2.33. The third-order valence-electron chi connectivity index (χ3n) is 3.17. The first-order valence-corrected chi connectivity index (χ1v) is 7.72. The summed E-state index contributed by atoms with van der Waals surface area (Å²) in [5.74, 6) is 0.677. The zero-order chi connectivity index (χ0) is 13.2. The molecule has 0 amide bonds. The van der Waals surface area contributed by atoms with E-state index in [2.05, 4.69) is 4.72 Å². The van der Waals surface area contributed by atoms with Crippen molar-refractivity contribution in [2.75, 3.05) is 0 Å². The van der Waals surface area contributed by atoms with Crippen molar-refractivity contribution in [3.8, 4) is 0 Å². The number of nitrogens with one attached hydrogen (secondary N) is 1. The average Bonchev–Trinajstić information content (AvgIpc) is 3.12. The van der Waals surface area contributed by atoms with Crippen molar-refractivity contribution in [2.45, 2.75) is 43.7 Å². The molecule has 100 valence electrons. The van der Waals surface area contributed by atoms with E-state index in [1.807, 2.05) is 6.92 Å². The second-order valence-electron chi connectivity index (χ2n) is 4.97. The van der Waals surface area contributed by atoms with E-state index >= 15 is 0 Å². The van der Waals surface area contributed by atoms with Crippen LogP contribution in [-0.2, 0) is 16.6 Å². The number of aliphatic hydroxyl groups excluding tert-OH is 1. The van der Waals surface area contributed by atoms with Crippen LogP contribution in [0.1, 0.15) is 31.7 Å². The van der Waals surface area contributed by atoms with Crippen LogP contribution in [0.3, 0.4) is 0 Å². The van der Waals surface area contributed by atoms with Crippen LogP contribution in [0.15, 0.2) is 29.2 Å². The van der Waals surface area contributed by atoms with Crippen LogP contribution in [0.4, 0.5) is 0 Å². The molecule has 1 atom stereocenters. The molecular formula is C13H19NO3S. The van der Waals surface area contributed by atoms with Crippen LogP contribution in [0.25, 0.3) is 0 Å². The SMILES string of the molecule is CC(CC1CC1)NS(=O)(=O)c1ccccc1CO. The average molecular weight is 269 g/mol. The van der Waals surface area contributed by atoms with Crippen molar-refractivity contribution in [1.82, 2.24) is 4.72 Å². The van der Waals surface area contributed by atoms with E-state index in [0.29, 0.717) is 11.5 Å². The quantitative estimate of drug-likeness (QED) is 0.825. The molecule has 0 aliphatic heterocycles. The molecule has 2 rings (SSSR count). The molecule has 1 aliphatic rings. The molecule has 18 heavy (non-hydrogen) atoms. The molecule has 1 aromatic carbocycles. The van der Waals surface area contributed by atoms with Gasteiger partial charge in [0.1, 0.15) is 0 Å². The van der Waals surface area contributed by atoms with Gasteiger partial charge in [0.05, 0.1) is 11.5 Å². The number of benzene rings is 1. The van der Waals surface area contributed by atoms with Gasteiger partial charge in [0.25, 0.3) is 0 Å². The number of hydrogen-bond acceptors (Lipinski definition) is 3. The van der Waals surface area contributed by atoms with Gasteiger partial charge in [0, 0.05) is 6.04 Å². The zero-order valence-corrected chi connectivity index (χ0v) is 11.3. The summed E-state index contributed by atoms with van der Waals surface area (Å²) in [5.41, 5.74) is 0.434. The molecule has 2 N–H and O–H groups in total. The maximum absolute atomic E-state index is 12.2. The fraction of sp³-hybridized carbons (Fsp3) is 0.538. The maximum atomic E-state index is 12.2. The molecule has 4 nitrogen and oxygen atoms in total. The van der Waals surface area contributed by atoms with Gasteiger partial charge in [-0.1, -0.05) is 31.0 Å². The standard InChI is InChI=1S/C13H19NO3S/c1-10(8-11-6-7-11)14-18(16,17)13-5-3-2-4-12(13)9-15/h2-5,10-11,14-15H,6-9H2,1H3. The van der Waals surface area contributed by atoms with E-state index in [1.165, 1.54) is 18.9 Å². The monoisotopic (exact) mass is 269 g/mol. The van der Waals surface area contributed by atoms with Crippen LogP contribution in [0, 0.1) is 5.92 Å². The van der Waals surface area contributed by atoms with Crippen LogP contribution in [-0.4, -0.2) is 19.6 Å². The molecule has 1 fully saturated rings. The molecule has 0 radical (unpaired) electrons. The number of hydrogen-bond donors (Lipinski definition) is 2. The highest BCUT2D eigenvalue weighted by molar-refractivity contribution is 7.89. The predicted molar refractivity (Wildman–Crippen MR) is 69.5 cm³/mol. The van der Waals surface area contributed by atoms with E-state index < -0.39 is 10.0 Å². The van der Waals surface area contributed by atoms with Gasteiger partial charge in [0.15, 0.2) is 0 Å². The third kappa shape index (κ3) is 3.31. The van der Waals surface area contributed by atoms with Gasteiger partial charge in [-0.2, -0.15) is 0 Å². The van der Waals surface area contributed by atoms with Crippen molar-refractivity contribution in [2.24, 2.45) is 5.92 Å². The highest BCUT2D eigenvalue weighted by Crippen LogP contribution is 2.33. The second-order valence-corrected chi connectivity index (χ2v) is 6.65. The Balaban J connectivity index is 2.13. The van der Waals surface area contributed by atoms with Gasteiger partial charge < -0.3 is 5.11 Å². The molecule has 0 saturated heterocycles. The van der Waals surface area contributed by atoms with E-state index in [4.69, 9.17) is 0 Å². The van der Waals surface area contributed by atoms with E-state index in [0.717, 1.165) is 6.42 Å². The topological polar surface area (TPSA) is 66.4 Å². The van der Waals surface area contributed by atoms with Crippen molar-refractivity contribution < 1.29 is 13.5 Å². The minimum Gasteiger partial charge on any atom is -0.392 e. The first kappa shape index (κ1) is 13.5. The van der Waals surface area contributed by atoms with Gasteiger partial charge in [-0.3, -0.25) is 0 Å². The van der Waals surface area contributed by atoms with E-state index in [1.54, 1.807) is 18.2 Å². The van der Waals surface area contributed by atoms with Crippen LogP contribution in [0.2, 0.25) is 0 Å². The molecule has 1 unspecified atom stereocenters. The molecule has 1 aromatic rings. The second kappa shape index (κ2) is 5.38. The predicted octanol–water partition coefficient (Wildman–Crippen LogP) is 1.65. The lowest BCUT2D eigenvalue weighted by Gasteiger charge is -2.15. The minimum absolute atomic E-state index is 0.0609. The summed E-state index contributed by atoms with van der Waals surface area (Å²) in [7, 11) is -3.53. The van der Waals surface area contributed by atoms with Crippen molar-refractivity contribution >= 4 is 10.0 Å². The third-order valence-corrected chi connectivity index (χ3v) is 4.86. The van der Waals surface area contributed by atoms with Crippen LogP contribution < -0.4 is 4.72 Å². The smallest absolute Gasteiger partial charge is 0.241 e. The largest absolute Gasteiger partial charge is 0.392 e. The lowest BCUT2D eigenvalue weighted by molar-refractivity contribution is 0.278. The summed E-state index contributed by atoms with van der Waals surface area (Å²) in [4.78, 5) is 0.176. The van der Waals surface area contributed by atoms with Gasteiger partial charge >= 0.3 is 0 Å². The molecule has 1 aliphatic carbocycles. The van der Waals surface area contributed by atoms with Crippen LogP contribution >= 0.6 is 0 Å². The van der Waals surface area contributed by atoms with Gasteiger partial charge in [-0.05, 0) is 30.9 Å². The summed E-state index contributed by atoms with van der Waals surface area (Å²) in [6.07, 6.45) is 3.30. The Bertz CT molecular complexity index is 509.